The fourth-order valence-corrected chi connectivity index (χ4v) is 3.24. The van der Waals surface area contributed by atoms with Gasteiger partial charge < -0.3 is 20.1 Å². The summed E-state index contributed by atoms with van der Waals surface area (Å²) in [4.78, 5) is 28.5. The van der Waals surface area contributed by atoms with Gasteiger partial charge in [-0.3, -0.25) is 4.79 Å². The van der Waals surface area contributed by atoms with E-state index in [9.17, 15) is 4.79 Å². The number of rotatable bonds is 7. The first-order valence-corrected chi connectivity index (χ1v) is 10.9. The van der Waals surface area contributed by atoms with E-state index in [-0.39, 0.29) is 19.1 Å². The van der Waals surface area contributed by atoms with E-state index in [1.54, 1.807) is 12.4 Å². The monoisotopic (exact) mass is 468 g/mol. The lowest BCUT2D eigenvalue weighted by molar-refractivity contribution is -0.124. The molecule has 0 saturated carbocycles. The van der Waals surface area contributed by atoms with Crippen LogP contribution in [0.2, 0.25) is 0 Å². The Balaban J connectivity index is 1.50. The summed E-state index contributed by atoms with van der Waals surface area (Å²) < 4.78 is 10.7. The smallest absolute Gasteiger partial charge is 0.246 e. The lowest BCUT2D eigenvalue weighted by Gasteiger charge is -2.12. The molecule has 2 N–H and O–H groups in total. The van der Waals surface area contributed by atoms with Crippen molar-refractivity contribution in [1.82, 2.24) is 25.3 Å². The number of methoxy groups -OCH3 is 1. The van der Waals surface area contributed by atoms with E-state index in [0.717, 1.165) is 27.7 Å². The highest BCUT2D eigenvalue weighted by Crippen LogP contribution is 2.29. The average molecular weight is 469 g/mol. The third-order valence-corrected chi connectivity index (χ3v) is 4.94. The third kappa shape index (κ3) is 6.28. The van der Waals surface area contributed by atoms with Crippen LogP contribution in [0.5, 0.6) is 11.5 Å². The molecule has 0 fully saturated rings. The van der Waals surface area contributed by atoms with Gasteiger partial charge in [0.1, 0.15) is 30.3 Å². The van der Waals surface area contributed by atoms with Crippen LogP contribution in [-0.2, 0) is 9.53 Å². The van der Waals surface area contributed by atoms with E-state index in [4.69, 9.17) is 9.47 Å². The van der Waals surface area contributed by atoms with Crippen molar-refractivity contribution in [3.05, 3.63) is 72.1 Å². The minimum atomic E-state index is -0.209. The van der Waals surface area contributed by atoms with Gasteiger partial charge >= 0.3 is 0 Å². The molecule has 2 aromatic heterocycles. The number of aromatic nitrogens is 4. The highest BCUT2D eigenvalue weighted by molar-refractivity contribution is 5.91. The topological polar surface area (TPSA) is 111 Å². The van der Waals surface area contributed by atoms with Gasteiger partial charge in [0.15, 0.2) is 5.75 Å². The molecular weight excluding hydrogens is 444 g/mol. The van der Waals surface area contributed by atoms with Crippen LogP contribution in [0.4, 0.5) is 11.5 Å². The van der Waals surface area contributed by atoms with E-state index in [2.05, 4.69) is 42.4 Å². The molecule has 9 heteroatoms. The van der Waals surface area contributed by atoms with Gasteiger partial charge in [-0.1, -0.05) is 11.8 Å². The first-order valence-electron chi connectivity index (χ1n) is 10.9. The summed E-state index contributed by atoms with van der Waals surface area (Å²) >= 11 is 0. The minimum absolute atomic E-state index is 0.0109. The van der Waals surface area contributed by atoms with Crippen molar-refractivity contribution in [3.63, 3.8) is 0 Å². The first kappa shape index (κ1) is 23.6. The second-order valence-electron chi connectivity index (χ2n) is 7.64. The van der Waals surface area contributed by atoms with Gasteiger partial charge in [-0.25, -0.2) is 19.9 Å². The van der Waals surface area contributed by atoms with Crippen molar-refractivity contribution in [1.29, 1.82) is 0 Å². The molecule has 0 radical (unpaired) electrons. The number of nitrogens with one attached hydrogen (secondary N) is 2. The van der Waals surface area contributed by atoms with E-state index in [1.807, 2.05) is 50.2 Å². The molecule has 0 aliphatic heterocycles. The number of benzene rings is 2. The molecule has 35 heavy (non-hydrogen) atoms. The van der Waals surface area contributed by atoms with Crippen LogP contribution < -0.4 is 15.4 Å². The summed E-state index contributed by atoms with van der Waals surface area (Å²) in [7, 11) is 1.47. The molecular formula is C26H24N6O3. The first-order chi connectivity index (χ1) is 17.0. The summed E-state index contributed by atoms with van der Waals surface area (Å²) in [5, 5.41) is 6.86. The average Bonchev–Trinajstić information content (AvgIpc) is 2.85. The lowest BCUT2D eigenvalue weighted by Crippen LogP contribution is -2.27. The summed E-state index contributed by atoms with van der Waals surface area (Å²) in [6, 6.07) is 11.5. The maximum atomic E-state index is 11.5. The van der Waals surface area contributed by atoms with Gasteiger partial charge in [-0.2, -0.15) is 0 Å². The van der Waals surface area contributed by atoms with Crippen molar-refractivity contribution in [3.8, 4) is 23.3 Å². The molecule has 0 unspecified atom stereocenters. The van der Waals surface area contributed by atoms with Crippen molar-refractivity contribution < 1.29 is 14.3 Å². The fraction of sp³-hybridized carbons (Fsp3) is 0.192. The Morgan fingerprint density at radius 1 is 1.03 bits per heavy atom. The molecule has 2 aromatic carbocycles. The Hall–Kier alpha value is -4.55. The van der Waals surface area contributed by atoms with Crippen molar-refractivity contribution in [2.24, 2.45) is 0 Å². The number of hydrogen-bond acceptors (Lipinski definition) is 8. The maximum Gasteiger partial charge on any atom is 0.246 e. The number of ether oxygens (including phenoxy) is 2. The van der Waals surface area contributed by atoms with Gasteiger partial charge in [-0.15, -0.1) is 0 Å². The van der Waals surface area contributed by atoms with E-state index < -0.39 is 0 Å². The van der Waals surface area contributed by atoms with Crippen LogP contribution in [-0.4, -0.2) is 46.1 Å². The molecule has 4 rings (SSSR count). The van der Waals surface area contributed by atoms with Crippen LogP contribution in [0.25, 0.3) is 10.9 Å². The Morgan fingerprint density at radius 3 is 2.63 bits per heavy atom. The third-order valence-electron chi connectivity index (χ3n) is 4.94. The lowest BCUT2D eigenvalue weighted by atomic mass is 10.1. The van der Waals surface area contributed by atoms with Gasteiger partial charge in [0.25, 0.3) is 0 Å². The SMILES string of the molecule is COCC(=O)NCC#Cc1ccc2ncnc(Nc3ccc(Oc4cnc(C)nc4)c(C)c3)c2c1. The van der Waals surface area contributed by atoms with E-state index in [0.29, 0.717) is 23.1 Å². The second-order valence-corrected chi connectivity index (χ2v) is 7.64. The summed E-state index contributed by atoms with van der Waals surface area (Å²) in [5.74, 6) is 8.42. The Kier molecular flexibility index (Phi) is 7.45. The summed E-state index contributed by atoms with van der Waals surface area (Å²) in [5.41, 5.74) is 3.37. The van der Waals surface area contributed by atoms with Gasteiger partial charge in [0.2, 0.25) is 5.91 Å². The molecule has 0 atom stereocenters. The normalized spacial score (nSPS) is 10.4. The van der Waals surface area contributed by atoms with Crippen LogP contribution >= 0.6 is 0 Å². The number of amides is 1. The summed E-state index contributed by atoms with van der Waals surface area (Å²) in [6.45, 7) is 4.04. The molecule has 0 spiro atoms. The van der Waals surface area contributed by atoms with E-state index in [1.165, 1.54) is 13.4 Å². The van der Waals surface area contributed by atoms with Crippen LogP contribution in [0.3, 0.4) is 0 Å². The zero-order chi connectivity index (χ0) is 24.6. The molecule has 0 bridgehead atoms. The van der Waals surface area contributed by atoms with Crippen molar-refractivity contribution in [2.45, 2.75) is 13.8 Å². The predicted octanol–water partition coefficient (Wildman–Crippen LogP) is 3.69. The van der Waals surface area contributed by atoms with Gasteiger partial charge in [0, 0.05) is 23.7 Å². The number of hydrogen-bond donors (Lipinski definition) is 2. The number of anilines is 2. The molecule has 1 amide bonds. The van der Waals surface area contributed by atoms with Crippen molar-refractivity contribution >= 4 is 28.3 Å². The maximum absolute atomic E-state index is 11.5. The molecule has 0 aliphatic rings. The number of carbonyl (C=O) groups is 1. The van der Waals surface area contributed by atoms with Gasteiger partial charge in [0.05, 0.1) is 24.5 Å². The zero-order valence-electron chi connectivity index (χ0n) is 19.6. The Bertz CT molecular complexity index is 1410. The van der Waals surface area contributed by atoms with Crippen LogP contribution in [0.15, 0.2) is 55.1 Å². The highest BCUT2D eigenvalue weighted by atomic mass is 16.5. The second kappa shape index (κ2) is 11.0. The molecule has 9 nitrogen and oxygen atoms in total. The zero-order valence-corrected chi connectivity index (χ0v) is 19.6. The minimum Gasteiger partial charge on any atom is -0.454 e. The van der Waals surface area contributed by atoms with Crippen LogP contribution in [0.1, 0.15) is 17.0 Å². The molecule has 176 valence electrons. The Labute approximate surface area is 203 Å². The largest absolute Gasteiger partial charge is 0.454 e. The molecule has 2 heterocycles. The summed E-state index contributed by atoms with van der Waals surface area (Å²) in [6.07, 6.45) is 4.81. The molecule has 0 aliphatic carbocycles. The standard InChI is InChI=1S/C26H24N6O3/c1-17-11-20(7-9-24(17)35-21-13-28-18(2)29-14-21)32-26-22-12-19(6-8-23(22)30-16-31-26)5-4-10-27-25(33)15-34-3/h6-9,11-14,16H,10,15H2,1-3H3,(H,27,33)(H,30,31,32). The number of nitrogens with zero attached hydrogens (tertiary/aromatic N) is 4. The highest BCUT2D eigenvalue weighted by Gasteiger charge is 2.08. The number of aryl methyl sites for hydroxylation is 2. The quantitative estimate of drug-likeness (QED) is 0.395. The fourth-order valence-electron chi connectivity index (χ4n) is 3.24. The van der Waals surface area contributed by atoms with E-state index >= 15 is 0 Å². The Morgan fingerprint density at radius 2 is 1.86 bits per heavy atom. The van der Waals surface area contributed by atoms with Crippen LogP contribution in [0, 0.1) is 25.7 Å². The number of carbonyl (C=O) groups excluding carboxylic acids is 1. The van der Waals surface area contributed by atoms with Crippen molar-refractivity contribution in [2.75, 3.05) is 25.6 Å². The number of fused-ring (bicyclic) bond motifs is 1. The van der Waals surface area contributed by atoms with Gasteiger partial charge in [-0.05, 0) is 55.8 Å². The molecule has 0 saturated heterocycles. The molecule has 4 aromatic rings. The predicted molar refractivity (Wildman–Crippen MR) is 133 cm³/mol.